The number of rotatable bonds is 5. The van der Waals surface area contributed by atoms with Crippen LogP contribution in [0.2, 0.25) is 0 Å². The van der Waals surface area contributed by atoms with Crippen molar-refractivity contribution in [2.45, 2.75) is 26.3 Å². The van der Waals surface area contributed by atoms with Gasteiger partial charge in [0.05, 0.1) is 5.92 Å². The summed E-state index contributed by atoms with van der Waals surface area (Å²) in [6.45, 7) is 3.52. The second kappa shape index (κ2) is 6.73. The summed E-state index contributed by atoms with van der Waals surface area (Å²) in [6, 6.07) is 6.28. The lowest BCUT2D eigenvalue weighted by Gasteiger charge is -2.13. The van der Waals surface area contributed by atoms with Gasteiger partial charge in [-0.05, 0) is 18.6 Å². The normalized spacial score (nSPS) is 13.7. The Bertz CT molecular complexity index is 629. The molecule has 2 atom stereocenters. The molecule has 2 rings (SSSR count). The summed E-state index contributed by atoms with van der Waals surface area (Å²) in [7, 11) is 0. The first-order valence-electron chi connectivity index (χ1n) is 6.59. The molecule has 2 aromatic rings. The fraction of sp³-hybridized carbons (Fsp3) is 0.357. The number of nitrogens with zero attached hydrogens (tertiary/aromatic N) is 2. The maximum atomic E-state index is 13.6. The highest BCUT2D eigenvalue weighted by Gasteiger charge is 2.18. The number of hydrogen-bond donors (Lipinski definition) is 2. The van der Waals surface area contributed by atoms with Crippen LogP contribution in [0.4, 0.5) is 9.52 Å². The van der Waals surface area contributed by atoms with Crippen LogP contribution < -0.4 is 11.1 Å². The van der Waals surface area contributed by atoms with Gasteiger partial charge in [0.25, 0.3) is 0 Å². The molecule has 1 aromatic carbocycles. The average Bonchev–Trinajstić information content (AvgIpc) is 2.87. The van der Waals surface area contributed by atoms with Gasteiger partial charge in [0.2, 0.25) is 11.0 Å². The number of carbonyl (C=O) groups excluding carboxylic acids is 1. The molecule has 3 N–H and O–H groups in total. The van der Waals surface area contributed by atoms with Gasteiger partial charge >= 0.3 is 0 Å². The number of hydrogen-bond acceptors (Lipinski definition) is 5. The molecule has 0 bridgehead atoms. The number of carbonyl (C=O) groups is 1. The first-order chi connectivity index (χ1) is 9.97. The Morgan fingerprint density at radius 1 is 1.38 bits per heavy atom. The molecule has 7 heteroatoms. The van der Waals surface area contributed by atoms with E-state index in [1.165, 1.54) is 17.4 Å². The first kappa shape index (κ1) is 15.5. The lowest BCUT2D eigenvalue weighted by atomic mass is 10.0. The van der Waals surface area contributed by atoms with Crippen LogP contribution in [-0.4, -0.2) is 22.1 Å². The molecular formula is C14H17FN4OS. The number of nitrogens with one attached hydrogen (secondary N) is 1. The van der Waals surface area contributed by atoms with Crippen LogP contribution in [0.25, 0.3) is 0 Å². The minimum Gasteiger partial charge on any atom is -0.327 e. The van der Waals surface area contributed by atoms with E-state index in [0.29, 0.717) is 22.1 Å². The summed E-state index contributed by atoms with van der Waals surface area (Å²) in [5, 5.41) is 11.6. The lowest BCUT2D eigenvalue weighted by Crippen LogP contribution is -2.34. The van der Waals surface area contributed by atoms with Gasteiger partial charge in [-0.3, -0.25) is 4.79 Å². The first-order valence-corrected chi connectivity index (χ1v) is 7.41. The summed E-state index contributed by atoms with van der Waals surface area (Å²) in [5.41, 5.74) is 6.23. The third kappa shape index (κ3) is 4.05. The van der Waals surface area contributed by atoms with Gasteiger partial charge in [0.15, 0.2) is 0 Å². The minimum atomic E-state index is -0.316. The summed E-state index contributed by atoms with van der Waals surface area (Å²) in [5.74, 6) is -0.786. The molecule has 0 aliphatic rings. The highest BCUT2D eigenvalue weighted by atomic mass is 32.1. The standard InChI is InChI=1S/C14H17FN4OS/c1-8(9(2)16)13(20)17-14-19-18-12(21-14)7-10-5-3-4-6-11(10)15/h3-6,8-9H,7,16H2,1-2H3,(H,17,19,20). The number of anilines is 1. The van der Waals surface area contributed by atoms with Crippen molar-refractivity contribution in [1.82, 2.24) is 10.2 Å². The molecule has 0 aliphatic heterocycles. The molecular weight excluding hydrogens is 291 g/mol. The molecule has 5 nitrogen and oxygen atoms in total. The fourth-order valence-corrected chi connectivity index (χ4v) is 2.40. The predicted molar refractivity (Wildman–Crippen MR) is 80.6 cm³/mol. The largest absolute Gasteiger partial charge is 0.327 e. The van der Waals surface area contributed by atoms with Crippen molar-refractivity contribution in [2.24, 2.45) is 11.7 Å². The van der Waals surface area contributed by atoms with Crippen molar-refractivity contribution in [3.63, 3.8) is 0 Å². The van der Waals surface area contributed by atoms with Gasteiger partial charge in [-0.25, -0.2) is 4.39 Å². The summed E-state index contributed by atoms with van der Waals surface area (Å²) in [6.07, 6.45) is 0.350. The van der Waals surface area contributed by atoms with Crippen molar-refractivity contribution in [3.8, 4) is 0 Å². The zero-order valence-electron chi connectivity index (χ0n) is 11.8. The molecule has 1 aromatic heterocycles. The van der Waals surface area contributed by atoms with E-state index >= 15 is 0 Å². The monoisotopic (exact) mass is 308 g/mol. The van der Waals surface area contributed by atoms with Crippen molar-refractivity contribution in [1.29, 1.82) is 0 Å². The maximum Gasteiger partial charge on any atom is 0.230 e. The zero-order chi connectivity index (χ0) is 15.4. The zero-order valence-corrected chi connectivity index (χ0v) is 12.7. The molecule has 112 valence electrons. The van der Waals surface area contributed by atoms with E-state index < -0.39 is 0 Å². The number of aromatic nitrogens is 2. The van der Waals surface area contributed by atoms with E-state index in [-0.39, 0.29) is 23.7 Å². The molecule has 21 heavy (non-hydrogen) atoms. The number of nitrogens with two attached hydrogens (primary N) is 1. The third-order valence-electron chi connectivity index (χ3n) is 3.20. The molecule has 0 spiro atoms. The molecule has 0 aliphatic carbocycles. The Morgan fingerprint density at radius 3 is 2.76 bits per heavy atom. The summed E-state index contributed by atoms with van der Waals surface area (Å²) < 4.78 is 13.6. The van der Waals surface area contributed by atoms with Gasteiger partial charge < -0.3 is 11.1 Å². The van der Waals surface area contributed by atoms with Crippen molar-refractivity contribution in [3.05, 3.63) is 40.7 Å². The van der Waals surface area contributed by atoms with E-state index in [1.54, 1.807) is 32.0 Å². The molecule has 0 radical (unpaired) electrons. The summed E-state index contributed by atoms with van der Waals surface area (Å²) in [4.78, 5) is 11.9. The quantitative estimate of drug-likeness (QED) is 0.887. The van der Waals surface area contributed by atoms with Gasteiger partial charge in [-0.2, -0.15) is 0 Å². The number of amides is 1. The van der Waals surface area contributed by atoms with Gasteiger partial charge in [-0.1, -0.05) is 36.5 Å². The Labute approximate surface area is 126 Å². The SMILES string of the molecule is CC(N)C(C)C(=O)Nc1nnc(Cc2ccccc2F)s1. The van der Waals surface area contributed by atoms with Gasteiger partial charge in [-0.15, -0.1) is 10.2 Å². The maximum absolute atomic E-state index is 13.6. The fourth-order valence-electron chi connectivity index (χ4n) is 1.64. The third-order valence-corrected chi connectivity index (χ3v) is 4.04. The van der Waals surface area contributed by atoms with Crippen LogP contribution >= 0.6 is 11.3 Å². The van der Waals surface area contributed by atoms with Crippen molar-refractivity contribution in [2.75, 3.05) is 5.32 Å². The highest BCUT2D eigenvalue weighted by Crippen LogP contribution is 2.20. The second-order valence-electron chi connectivity index (χ2n) is 4.91. The Hall–Kier alpha value is -1.86. The highest BCUT2D eigenvalue weighted by molar-refractivity contribution is 7.15. The van der Waals surface area contributed by atoms with E-state index in [1.807, 2.05) is 0 Å². The van der Waals surface area contributed by atoms with Crippen molar-refractivity contribution < 1.29 is 9.18 Å². The van der Waals surface area contributed by atoms with E-state index in [0.717, 1.165) is 0 Å². The lowest BCUT2D eigenvalue weighted by molar-refractivity contribution is -0.119. The van der Waals surface area contributed by atoms with E-state index in [9.17, 15) is 9.18 Å². The smallest absolute Gasteiger partial charge is 0.230 e. The topological polar surface area (TPSA) is 80.9 Å². The molecule has 1 heterocycles. The Balaban J connectivity index is 2.02. The second-order valence-corrected chi connectivity index (χ2v) is 5.97. The van der Waals surface area contributed by atoms with Crippen LogP contribution in [0.3, 0.4) is 0 Å². The number of benzene rings is 1. The van der Waals surface area contributed by atoms with E-state index in [2.05, 4.69) is 15.5 Å². The van der Waals surface area contributed by atoms with Crippen LogP contribution in [0.5, 0.6) is 0 Å². The minimum absolute atomic E-state index is 0.196. The number of halogens is 1. The molecule has 0 saturated heterocycles. The molecule has 0 saturated carbocycles. The van der Waals surface area contributed by atoms with Crippen LogP contribution in [0.15, 0.2) is 24.3 Å². The molecule has 2 unspecified atom stereocenters. The molecule has 0 fully saturated rings. The van der Waals surface area contributed by atoms with Crippen molar-refractivity contribution >= 4 is 22.4 Å². The average molecular weight is 308 g/mol. The predicted octanol–water partition coefficient (Wildman–Crippen LogP) is 2.19. The van der Waals surface area contributed by atoms with Gasteiger partial charge in [0.1, 0.15) is 10.8 Å². The van der Waals surface area contributed by atoms with E-state index in [4.69, 9.17) is 5.73 Å². The Morgan fingerprint density at radius 2 is 2.10 bits per heavy atom. The van der Waals surface area contributed by atoms with Crippen LogP contribution in [-0.2, 0) is 11.2 Å². The Kier molecular flexibility index (Phi) is 4.98. The summed E-state index contributed by atoms with van der Waals surface area (Å²) >= 11 is 1.23. The van der Waals surface area contributed by atoms with Crippen LogP contribution in [0.1, 0.15) is 24.4 Å². The van der Waals surface area contributed by atoms with Crippen LogP contribution in [0, 0.1) is 11.7 Å². The molecule has 1 amide bonds. The van der Waals surface area contributed by atoms with Gasteiger partial charge in [0, 0.05) is 12.5 Å².